The summed E-state index contributed by atoms with van der Waals surface area (Å²) in [5, 5.41) is 14.0. The van der Waals surface area contributed by atoms with E-state index in [0.29, 0.717) is 23.8 Å². The normalized spacial score (nSPS) is 10.2. The van der Waals surface area contributed by atoms with Gasteiger partial charge in [-0.1, -0.05) is 0 Å². The van der Waals surface area contributed by atoms with Crippen LogP contribution in [0.4, 0.5) is 21.5 Å². The number of nitrogens with zero attached hydrogens (tertiary/aromatic N) is 1. The smallest absolute Gasteiger partial charge is 0.328 e. The second kappa shape index (κ2) is 7.49. The molecule has 0 aromatic heterocycles. The van der Waals surface area contributed by atoms with Crippen molar-refractivity contribution >= 4 is 17.1 Å². The van der Waals surface area contributed by atoms with Gasteiger partial charge in [0, 0.05) is 23.9 Å². The first kappa shape index (κ1) is 17.3. The van der Waals surface area contributed by atoms with Gasteiger partial charge in [-0.05, 0) is 19.1 Å². The number of benzene rings is 2. The fourth-order valence-corrected chi connectivity index (χ4v) is 2.15. The maximum Gasteiger partial charge on any atom is 0.328 e. The lowest BCUT2D eigenvalue weighted by molar-refractivity contribution is -0.386. The number of nitro groups is 1. The molecule has 0 amide bonds. The largest absolute Gasteiger partial charge is 0.497 e. The van der Waals surface area contributed by atoms with Crippen LogP contribution < -0.4 is 19.5 Å². The Morgan fingerprint density at radius 2 is 1.92 bits per heavy atom. The third-order valence-corrected chi connectivity index (χ3v) is 3.20. The summed E-state index contributed by atoms with van der Waals surface area (Å²) >= 11 is 0. The molecule has 0 bridgehead atoms. The van der Waals surface area contributed by atoms with Crippen LogP contribution in [0, 0.1) is 15.9 Å². The van der Waals surface area contributed by atoms with E-state index in [9.17, 15) is 14.5 Å². The van der Waals surface area contributed by atoms with Crippen molar-refractivity contribution in [2.75, 3.05) is 26.1 Å². The number of rotatable bonds is 7. The SMILES string of the molecule is CCOc1ccc(Nc2cc(OC)cc(F)c2[N+](=O)[O-])cc1OC. The minimum atomic E-state index is -0.986. The zero-order chi connectivity index (χ0) is 17.7. The lowest BCUT2D eigenvalue weighted by Crippen LogP contribution is -2.02. The summed E-state index contributed by atoms with van der Waals surface area (Å²) in [5.41, 5.74) is -0.210. The van der Waals surface area contributed by atoms with Gasteiger partial charge in [0.15, 0.2) is 11.5 Å². The molecule has 0 spiro atoms. The zero-order valence-electron chi connectivity index (χ0n) is 13.5. The molecule has 0 unspecified atom stereocenters. The van der Waals surface area contributed by atoms with Gasteiger partial charge in [-0.25, -0.2) is 0 Å². The lowest BCUT2D eigenvalue weighted by atomic mass is 10.2. The van der Waals surface area contributed by atoms with Crippen LogP contribution in [0.25, 0.3) is 0 Å². The summed E-state index contributed by atoms with van der Waals surface area (Å²) in [4.78, 5) is 10.3. The van der Waals surface area contributed by atoms with Crippen molar-refractivity contribution in [2.45, 2.75) is 6.92 Å². The van der Waals surface area contributed by atoms with E-state index in [1.54, 1.807) is 18.2 Å². The van der Waals surface area contributed by atoms with Crippen LogP contribution in [0.5, 0.6) is 17.2 Å². The van der Waals surface area contributed by atoms with Gasteiger partial charge in [-0.2, -0.15) is 4.39 Å². The maximum absolute atomic E-state index is 14.0. The standard InChI is InChI=1S/C16H17FN2O5/c1-4-24-14-6-5-10(7-15(14)23-3)18-13-9-11(22-2)8-12(17)16(13)19(20)21/h5-9,18H,4H2,1-3H3. The summed E-state index contributed by atoms with van der Waals surface area (Å²) in [7, 11) is 2.83. The molecule has 0 aliphatic carbocycles. The molecule has 2 aromatic carbocycles. The predicted octanol–water partition coefficient (Wildman–Crippen LogP) is 3.89. The average molecular weight is 336 g/mol. The van der Waals surface area contributed by atoms with Crippen LogP contribution in [0.1, 0.15) is 6.92 Å². The Hall–Kier alpha value is -3.03. The molecular weight excluding hydrogens is 319 g/mol. The minimum Gasteiger partial charge on any atom is -0.497 e. The third kappa shape index (κ3) is 3.65. The first-order valence-electron chi connectivity index (χ1n) is 7.10. The van der Waals surface area contributed by atoms with Crippen molar-refractivity contribution in [3.05, 3.63) is 46.3 Å². The molecule has 1 N–H and O–H groups in total. The molecule has 0 aliphatic rings. The number of methoxy groups -OCH3 is 2. The van der Waals surface area contributed by atoms with Crippen LogP contribution in [-0.4, -0.2) is 25.7 Å². The molecule has 0 radical (unpaired) electrons. The van der Waals surface area contributed by atoms with E-state index >= 15 is 0 Å². The van der Waals surface area contributed by atoms with E-state index in [1.807, 2.05) is 6.92 Å². The van der Waals surface area contributed by atoms with Gasteiger partial charge >= 0.3 is 5.69 Å². The molecule has 7 nitrogen and oxygen atoms in total. The Morgan fingerprint density at radius 3 is 2.50 bits per heavy atom. The molecule has 24 heavy (non-hydrogen) atoms. The fourth-order valence-electron chi connectivity index (χ4n) is 2.15. The number of hydrogen-bond donors (Lipinski definition) is 1. The highest BCUT2D eigenvalue weighted by Gasteiger charge is 2.22. The molecule has 0 aliphatic heterocycles. The molecule has 8 heteroatoms. The topological polar surface area (TPSA) is 82.9 Å². The minimum absolute atomic E-state index is 0.0249. The van der Waals surface area contributed by atoms with Crippen LogP contribution >= 0.6 is 0 Å². The van der Waals surface area contributed by atoms with E-state index in [4.69, 9.17) is 14.2 Å². The molecule has 0 atom stereocenters. The third-order valence-electron chi connectivity index (χ3n) is 3.20. The number of nitrogens with one attached hydrogen (secondary N) is 1. The highest BCUT2D eigenvalue weighted by atomic mass is 19.1. The molecule has 0 fully saturated rings. The van der Waals surface area contributed by atoms with Crippen molar-refractivity contribution in [3.63, 3.8) is 0 Å². The predicted molar refractivity (Wildman–Crippen MR) is 87.1 cm³/mol. The van der Waals surface area contributed by atoms with Crippen molar-refractivity contribution in [2.24, 2.45) is 0 Å². The van der Waals surface area contributed by atoms with Crippen LogP contribution in [0.15, 0.2) is 30.3 Å². The van der Waals surface area contributed by atoms with Crippen molar-refractivity contribution in [1.82, 2.24) is 0 Å². The fraction of sp³-hybridized carbons (Fsp3) is 0.250. The Bertz CT molecular complexity index is 751. The highest BCUT2D eigenvalue weighted by Crippen LogP contribution is 2.36. The van der Waals surface area contributed by atoms with Crippen molar-refractivity contribution in [1.29, 1.82) is 0 Å². The van der Waals surface area contributed by atoms with E-state index in [2.05, 4.69) is 5.32 Å². The summed E-state index contributed by atoms with van der Waals surface area (Å²) in [6.07, 6.45) is 0. The quantitative estimate of drug-likeness (QED) is 0.610. The molecule has 0 heterocycles. The van der Waals surface area contributed by atoms with Gasteiger partial charge in [0.1, 0.15) is 11.4 Å². The summed E-state index contributed by atoms with van der Waals surface area (Å²) in [6, 6.07) is 7.22. The first-order chi connectivity index (χ1) is 11.5. The summed E-state index contributed by atoms with van der Waals surface area (Å²) in [5.74, 6) is 0.169. The second-order valence-electron chi connectivity index (χ2n) is 4.69. The summed E-state index contributed by atoms with van der Waals surface area (Å²) in [6.45, 7) is 2.31. The van der Waals surface area contributed by atoms with E-state index in [1.165, 1.54) is 20.3 Å². The highest BCUT2D eigenvalue weighted by molar-refractivity contribution is 5.73. The summed E-state index contributed by atoms with van der Waals surface area (Å²) < 4.78 is 29.5. The molecule has 128 valence electrons. The molecule has 2 rings (SSSR count). The van der Waals surface area contributed by atoms with E-state index in [0.717, 1.165) is 6.07 Å². The van der Waals surface area contributed by atoms with E-state index < -0.39 is 16.4 Å². The lowest BCUT2D eigenvalue weighted by Gasteiger charge is -2.13. The monoisotopic (exact) mass is 336 g/mol. The van der Waals surface area contributed by atoms with Gasteiger partial charge < -0.3 is 19.5 Å². The number of halogens is 1. The van der Waals surface area contributed by atoms with Crippen LogP contribution in [0.3, 0.4) is 0 Å². The Balaban J connectivity index is 2.43. The Labute approximate surface area is 138 Å². The van der Waals surface area contributed by atoms with Gasteiger partial charge in [0.05, 0.1) is 25.7 Å². The second-order valence-corrected chi connectivity index (χ2v) is 4.69. The molecule has 0 saturated carbocycles. The molecule has 0 saturated heterocycles. The average Bonchev–Trinajstić information content (AvgIpc) is 2.55. The Morgan fingerprint density at radius 1 is 1.17 bits per heavy atom. The number of hydrogen-bond acceptors (Lipinski definition) is 6. The van der Waals surface area contributed by atoms with Gasteiger partial charge in [0.2, 0.25) is 5.82 Å². The van der Waals surface area contributed by atoms with Gasteiger partial charge in [-0.15, -0.1) is 0 Å². The first-order valence-corrected chi connectivity index (χ1v) is 7.10. The Kier molecular flexibility index (Phi) is 5.41. The van der Waals surface area contributed by atoms with Crippen LogP contribution in [0.2, 0.25) is 0 Å². The van der Waals surface area contributed by atoms with E-state index in [-0.39, 0.29) is 11.4 Å². The van der Waals surface area contributed by atoms with Crippen LogP contribution in [-0.2, 0) is 0 Å². The molecule has 2 aromatic rings. The van der Waals surface area contributed by atoms with Crippen molar-refractivity contribution in [3.8, 4) is 17.2 Å². The number of nitro benzene ring substituents is 1. The number of anilines is 2. The maximum atomic E-state index is 14.0. The van der Waals surface area contributed by atoms with Gasteiger partial charge in [-0.3, -0.25) is 10.1 Å². The number of ether oxygens (including phenoxy) is 3. The van der Waals surface area contributed by atoms with Crippen molar-refractivity contribution < 1.29 is 23.5 Å². The van der Waals surface area contributed by atoms with Gasteiger partial charge in [0.25, 0.3) is 0 Å². The molecular formula is C16H17FN2O5. The zero-order valence-corrected chi connectivity index (χ0v) is 13.5.